The highest BCUT2D eigenvalue weighted by Gasteiger charge is 2.55. The van der Waals surface area contributed by atoms with E-state index in [2.05, 4.69) is 15.5 Å². The smallest absolute Gasteiger partial charge is 0.331 e. The van der Waals surface area contributed by atoms with Crippen molar-refractivity contribution in [2.45, 2.75) is 58.4 Å². The summed E-state index contributed by atoms with van der Waals surface area (Å²) in [4.78, 5) is 24.9. The fourth-order valence-corrected chi connectivity index (χ4v) is 5.92. The second kappa shape index (κ2) is 5.33. The predicted molar refractivity (Wildman–Crippen MR) is 87.2 cm³/mol. The first kappa shape index (κ1) is 15.7. The quantitative estimate of drug-likeness (QED) is 0.790. The Kier molecular flexibility index (Phi) is 3.48. The molecule has 3 N–H and O–H groups in total. The maximum Gasteiger partial charge on any atom is 0.331 e. The van der Waals surface area contributed by atoms with Gasteiger partial charge in [0.25, 0.3) is 0 Å². The molecule has 0 saturated heterocycles. The molecule has 1 aromatic rings. The molecule has 1 heterocycles. The van der Waals surface area contributed by atoms with Gasteiger partial charge in [0.2, 0.25) is 5.91 Å². The lowest BCUT2D eigenvalue weighted by Crippen LogP contribution is -2.54. The van der Waals surface area contributed by atoms with Crippen LogP contribution in [0.2, 0.25) is 0 Å². The first-order chi connectivity index (χ1) is 11.4. The molecule has 0 spiro atoms. The molecule has 24 heavy (non-hydrogen) atoms. The third-order valence-electron chi connectivity index (χ3n) is 6.52. The number of rotatable bonds is 4. The van der Waals surface area contributed by atoms with Crippen molar-refractivity contribution in [1.82, 2.24) is 15.5 Å². The zero-order valence-corrected chi connectivity index (χ0v) is 14.3. The lowest BCUT2D eigenvalue weighted by atomic mass is 9.49. The zero-order chi connectivity index (χ0) is 17.1. The molecule has 4 aliphatic carbocycles. The van der Waals surface area contributed by atoms with Crippen molar-refractivity contribution in [3.05, 3.63) is 17.0 Å². The normalized spacial score (nSPS) is 35.0. The van der Waals surface area contributed by atoms with Gasteiger partial charge in [0.05, 0.1) is 5.69 Å². The number of nitrogens with one attached hydrogen (secondary N) is 2. The van der Waals surface area contributed by atoms with Crippen LogP contribution in [-0.4, -0.2) is 27.2 Å². The van der Waals surface area contributed by atoms with E-state index in [4.69, 9.17) is 0 Å². The summed E-state index contributed by atoms with van der Waals surface area (Å²) < 4.78 is 0. The van der Waals surface area contributed by atoms with Gasteiger partial charge in [-0.15, -0.1) is 0 Å². The van der Waals surface area contributed by atoms with Gasteiger partial charge >= 0.3 is 5.97 Å². The van der Waals surface area contributed by atoms with Crippen molar-refractivity contribution in [3.63, 3.8) is 0 Å². The number of carboxylic acids is 1. The van der Waals surface area contributed by atoms with Crippen LogP contribution >= 0.6 is 0 Å². The second-order valence-corrected chi connectivity index (χ2v) is 8.29. The van der Waals surface area contributed by atoms with E-state index in [1.807, 2.05) is 0 Å². The van der Waals surface area contributed by atoms with Crippen molar-refractivity contribution < 1.29 is 14.7 Å². The van der Waals surface area contributed by atoms with E-state index in [1.165, 1.54) is 19.3 Å². The van der Waals surface area contributed by atoms with Gasteiger partial charge in [0.15, 0.2) is 6.04 Å². The van der Waals surface area contributed by atoms with E-state index in [0.717, 1.165) is 19.3 Å². The summed E-state index contributed by atoms with van der Waals surface area (Å²) in [6.07, 6.45) is 6.57. The molecule has 6 heteroatoms. The summed E-state index contributed by atoms with van der Waals surface area (Å²) in [5, 5.41) is 19.4. The molecule has 0 radical (unpaired) electrons. The molecular weight excluding hydrogens is 306 g/mol. The molecule has 5 rings (SSSR count). The molecule has 6 nitrogen and oxygen atoms in total. The highest BCUT2D eigenvalue weighted by molar-refractivity contribution is 5.88. The number of aromatic amines is 1. The summed E-state index contributed by atoms with van der Waals surface area (Å²) >= 11 is 0. The minimum atomic E-state index is -1.03. The van der Waals surface area contributed by atoms with Gasteiger partial charge in [-0.05, 0) is 70.1 Å². The molecule has 1 amide bonds. The molecular formula is C18H25N3O3. The molecule has 1 atom stereocenters. The summed E-state index contributed by atoms with van der Waals surface area (Å²) in [6.45, 7) is 3.56. The lowest BCUT2D eigenvalue weighted by molar-refractivity contribution is -0.151. The zero-order valence-electron chi connectivity index (χ0n) is 14.3. The Morgan fingerprint density at radius 1 is 1.17 bits per heavy atom. The fraction of sp³-hybridized carbons (Fsp3) is 0.722. The van der Waals surface area contributed by atoms with Crippen molar-refractivity contribution >= 4 is 11.9 Å². The molecule has 4 fully saturated rings. The highest BCUT2D eigenvalue weighted by Crippen LogP contribution is 2.60. The number of amides is 1. The van der Waals surface area contributed by atoms with Crippen molar-refractivity contribution in [3.8, 4) is 0 Å². The van der Waals surface area contributed by atoms with E-state index in [1.54, 1.807) is 13.8 Å². The Morgan fingerprint density at radius 3 is 2.12 bits per heavy atom. The predicted octanol–water partition coefficient (Wildman–Crippen LogP) is 2.48. The van der Waals surface area contributed by atoms with Crippen LogP contribution in [0.3, 0.4) is 0 Å². The molecule has 4 aliphatic rings. The number of carboxylic acid groups (broad SMARTS) is 1. The van der Waals surface area contributed by atoms with Gasteiger partial charge in [0.1, 0.15) is 0 Å². The van der Waals surface area contributed by atoms with Crippen LogP contribution in [0.25, 0.3) is 0 Å². The van der Waals surface area contributed by atoms with Crippen molar-refractivity contribution in [1.29, 1.82) is 0 Å². The molecule has 130 valence electrons. The van der Waals surface area contributed by atoms with Crippen LogP contribution in [0.1, 0.15) is 61.5 Å². The summed E-state index contributed by atoms with van der Waals surface area (Å²) in [5.74, 6) is 0.878. The van der Waals surface area contributed by atoms with Gasteiger partial charge in [-0.3, -0.25) is 9.89 Å². The number of carbonyl (C=O) groups excluding carboxylic acids is 1. The number of hydrogen-bond donors (Lipinski definition) is 3. The first-order valence-electron chi connectivity index (χ1n) is 8.93. The van der Waals surface area contributed by atoms with E-state index < -0.39 is 12.0 Å². The first-order valence-corrected chi connectivity index (χ1v) is 8.93. The summed E-state index contributed by atoms with van der Waals surface area (Å²) in [6, 6.07) is -1.02. The SMILES string of the molecule is Cc1n[nH]c(C)c1[C@H](NC(=O)C12CC3CC(CC(C3)C1)C2)C(=O)O. The van der Waals surface area contributed by atoms with Crippen molar-refractivity contribution in [2.24, 2.45) is 23.2 Å². The van der Waals surface area contributed by atoms with Gasteiger partial charge in [-0.2, -0.15) is 5.10 Å². The average Bonchev–Trinajstić information content (AvgIpc) is 2.82. The topological polar surface area (TPSA) is 95.1 Å². The van der Waals surface area contributed by atoms with Gasteiger partial charge in [0, 0.05) is 16.7 Å². The number of aromatic nitrogens is 2. The van der Waals surface area contributed by atoms with Gasteiger partial charge in [-0.25, -0.2) is 4.79 Å². The third-order valence-corrected chi connectivity index (χ3v) is 6.52. The Morgan fingerprint density at radius 2 is 1.71 bits per heavy atom. The van der Waals surface area contributed by atoms with Crippen LogP contribution in [0.5, 0.6) is 0 Å². The molecule has 0 aliphatic heterocycles. The number of nitrogens with zero attached hydrogens (tertiary/aromatic N) is 1. The molecule has 1 aromatic heterocycles. The third kappa shape index (κ3) is 2.34. The Balaban J connectivity index is 1.59. The Bertz CT molecular complexity index is 639. The Labute approximate surface area is 141 Å². The number of aryl methyl sites for hydroxylation is 2. The van der Waals surface area contributed by atoms with Crippen LogP contribution < -0.4 is 5.32 Å². The summed E-state index contributed by atoms with van der Waals surface area (Å²) in [7, 11) is 0. The molecule has 0 unspecified atom stereocenters. The number of carbonyl (C=O) groups is 2. The largest absolute Gasteiger partial charge is 0.479 e. The maximum absolute atomic E-state index is 13.1. The number of H-pyrrole nitrogens is 1. The monoisotopic (exact) mass is 331 g/mol. The van der Waals surface area contributed by atoms with E-state index in [0.29, 0.717) is 34.7 Å². The van der Waals surface area contributed by atoms with Crippen LogP contribution in [0, 0.1) is 37.0 Å². The van der Waals surface area contributed by atoms with Gasteiger partial charge < -0.3 is 10.4 Å². The number of hydrogen-bond acceptors (Lipinski definition) is 3. The minimum absolute atomic E-state index is 0.0611. The van der Waals surface area contributed by atoms with Gasteiger partial charge in [-0.1, -0.05) is 0 Å². The molecule has 0 aromatic carbocycles. The van der Waals surface area contributed by atoms with E-state index in [-0.39, 0.29) is 11.3 Å². The number of aliphatic carboxylic acids is 1. The van der Waals surface area contributed by atoms with Crippen LogP contribution in [0.4, 0.5) is 0 Å². The standard InChI is InChI=1S/C18H25N3O3/c1-9-14(10(2)21-20-9)15(16(22)23)19-17(24)18-6-11-3-12(7-18)5-13(4-11)8-18/h11-13,15H,3-8H2,1-2H3,(H,19,24)(H,20,21)(H,22,23)/t11?,12?,13?,15-,18?/m0/s1. The average molecular weight is 331 g/mol. The minimum Gasteiger partial charge on any atom is -0.479 e. The van der Waals surface area contributed by atoms with E-state index >= 15 is 0 Å². The maximum atomic E-state index is 13.1. The molecule has 4 bridgehead atoms. The second-order valence-electron chi connectivity index (χ2n) is 8.29. The van der Waals surface area contributed by atoms with Crippen molar-refractivity contribution in [2.75, 3.05) is 0 Å². The highest BCUT2D eigenvalue weighted by atomic mass is 16.4. The lowest BCUT2D eigenvalue weighted by Gasteiger charge is -2.55. The van der Waals surface area contributed by atoms with E-state index in [9.17, 15) is 14.7 Å². The van der Waals surface area contributed by atoms with Crippen LogP contribution in [-0.2, 0) is 9.59 Å². The molecule has 4 saturated carbocycles. The Hall–Kier alpha value is -1.85. The summed E-state index contributed by atoms with van der Waals surface area (Å²) in [5.41, 5.74) is 1.57. The van der Waals surface area contributed by atoms with Crippen LogP contribution in [0.15, 0.2) is 0 Å². The fourth-order valence-electron chi connectivity index (χ4n) is 5.92.